The Morgan fingerprint density at radius 3 is 2.64 bits per heavy atom. The first-order chi connectivity index (χ1) is 12.1. The van der Waals surface area contributed by atoms with Crippen LogP contribution in [0.1, 0.15) is 18.2 Å². The molecule has 0 bridgehead atoms. The minimum Gasteiger partial charge on any atom is -0.396 e. The van der Waals surface area contributed by atoms with Crippen LogP contribution < -0.4 is 0 Å². The maximum Gasteiger partial charge on any atom is 0.135 e. The quantitative estimate of drug-likeness (QED) is 0.677. The van der Waals surface area contributed by atoms with E-state index in [-0.39, 0.29) is 12.4 Å². The lowest BCUT2D eigenvalue weighted by Gasteiger charge is -2.01. The highest BCUT2D eigenvalue weighted by Gasteiger charge is 2.16. The van der Waals surface area contributed by atoms with Gasteiger partial charge in [-0.05, 0) is 42.7 Å². The van der Waals surface area contributed by atoms with Gasteiger partial charge < -0.3 is 5.11 Å². The number of halogens is 1. The molecular weight excluding hydrogens is 354 g/mol. The first-order valence-corrected chi connectivity index (χ1v) is 9.21. The minimum atomic E-state index is 0.0779. The van der Waals surface area contributed by atoms with Crippen LogP contribution in [0.3, 0.4) is 0 Å². The molecule has 0 atom stereocenters. The Bertz CT molecular complexity index is 904. The molecule has 2 aromatic carbocycles. The molecule has 0 unspecified atom stereocenters. The predicted octanol–water partition coefficient (Wildman–Crippen LogP) is 4.80. The zero-order valence-corrected chi connectivity index (χ0v) is 15.4. The van der Waals surface area contributed by atoms with Crippen LogP contribution in [-0.4, -0.2) is 22.5 Å². The molecule has 0 saturated heterocycles. The number of carbonyl (C=O) groups is 1. The summed E-state index contributed by atoms with van der Waals surface area (Å²) >= 11 is 7.68. The third-order valence-electron chi connectivity index (χ3n) is 3.77. The zero-order chi connectivity index (χ0) is 17.8. The van der Waals surface area contributed by atoms with Gasteiger partial charge in [0.05, 0.1) is 10.6 Å². The summed E-state index contributed by atoms with van der Waals surface area (Å²) in [7, 11) is 0. The summed E-state index contributed by atoms with van der Waals surface area (Å²) in [5.74, 6) is 0.0779. The van der Waals surface area contributed by atoms with Crippen molar-refractivity contribution in [1.29, 1.82) is 0 Å². The Morgan fingerprint density at radius 2 is 1.92 bits per heavy atom. The molecule has 1 aromatic heterocycles. The number of nitrogens with zero attached hydrogens (tertiary/aromatic N) is 1. The van der Waals surface area contributed by atoms with Gasteiger partial charge in [0.1, 0.15) is 10.8 Å². The molecule has 128 valence electrons. The number of rotatable bonds is 6. The van der Waals surface area contributed by atoms with Crippen molar-refractivity contribution in [3.05, 3.63) is 64.8 Å². The molecule has 25 heavy (non-hydrogen) atoms. The van der Waals surface area contributed by atoms with Crippen molar-refractivity contribution >= 4 is 28.7 Å². The number of ketones is 1. The van der Waals surface area contributed by atoms with Gasteiger partial charge in [0.15, 0.2) is 0 Å². The molecule has 0 spiro atoms. The van der Waals surface area contributed by atoms with E-state index < -0.39 is 0 Å². The molecule has 0 fully saturated rings. The lowest BCUT2D eigenvalue weighted by Crippen LogP contribution is -1.98. The summed E-state index contributed by atoms with van der Waals surface area (Å²) in [4.78, 5) is 17.4. The van der Waals surface area contributed by atoms with Crippen LogP contribution in [0.2, 0.25) is 5.02 Å². The molecule has 3 aromatic rings. The Labute approximate surface area is 155 Å². The van der Waals surface area contributed by atoms with Gasteiger partial charge in [0.2, 0.25) is 0 Å². The summed E-state index contributed by atoms with van der Waals surface area (Å²) in [6.45, 7) is 1.69. The normalized spacial score (nSPS) is 10.8. The standard InChI is InChI=1S/C20H18ClNO2S/c1-13(24)10-18-19(15-5-3-7-17(21)12-15)25-20(22-18)16-6-2-4-14(11-16)8-9-23/h2-7,11-12,23H,8-10H2,1H3. The van der Waals surface area contributed by atoms with Crippen molar-refractivity contribution in [2.75, 3.05) is 6.61 Å². The predicted molar refractivity (Wildman–Crippen MR) is 103 cm³/mol. The van der Waals surface area contributed by atoms with Crippen LogP contribution in [0.15, 0.2) is 48.5 Å². The van der Waals surface area contributed by atoms with E-state index in [4.69, 9.17) is 21.7 Å². The van der Waals surface area contributed by atoms with Gasteiger partial charge in [0.25, 0.3) is 0 Å². The fourth-order valence-electron chi connectivity index (χ4n) is 2.68. The summed E-state index contributed by atoms with van der Waals surface area (Å²) in [6.07, 6.45) is 0.912. The third-order valence-corrected chi connectivity index (χ3v) is 5.21. The molecule has 0 radical (unpaired) electrons. The van der Waals surface area contributed by atoms with E-state index in [2.05, 4.69) is 0 Å². The molecule has 0 aliphatic carbocycles. The van der Waals surface area contributed by atoms with Gasteiger partial charge in [0, 0.05) is 23.6 Å². The Morgan fingerprint density at radius 1 is 1.16 bits per heavy atom. The number of hydrogen-bond acceptors (Lipinski definition) is 4. The van der Waals surface area contributed by atoms with Gasteiger partial charge in [-0.2, -0.15) is 0 Å². The topological polar surface area (TPSA) is 50.2 Å². The average molecular weight is 372 g/mol. The van der Waals surface area contributed by atoms with Gasteiger partial charge in [-0.25, -0.2) is 4.98 Å². The molecule has 5 heteroatoms. The third kappa shape index (κ3) is 4.34. The monoisotopic (exact) mass is 371 g/mol. The molecule has 0 aliphatic rings. The van der Waals surface area contributed by atoms with Crippen LogP contribution >= 0.6 is 22.9 Å². The highest BCUT2D eigenvalue weighted by atomic mass is 35.5. The molecule has 0 amide bonds. The molecule has 3 nitrogen and oxygen atoms in total. The summed E-state index contributed by atoms with van der Waals surface area (Å²) in [5, 5.41) is 10.7. The summed E-state index contributed by atoms with van der Waals surface area (Å²) < 4.78 is 0. The number of benzene rings is 2. The number of thiazole rings is 1. The molecular formula is C20H18ClNO2S. The molecule has 1 heterocycles. The molecule has 3 rings (SSSR count). The van der Waals surface area contributed by atoms with Crippen molar-refractivity contribution < 1.29 is 9.90 Å². The maximum absolute atomic E-state index is 11.7. The van der Waals surface area contributed by atoms with E-state index in [0.29, 0.717) is 17.9 Å². The second kappa shape index (κ2) is 7.91. The Balaban J connectivity index is 2.07. The van der Waals surface area contributed by atoms with E-state index in [0.717, 1.165) is 32.3 Å². The van der Waals surface area contributed by atoms with Crippen molar-refractivity contribution in [3.63, 3.8) is 0 Å². The highest BCUT2D eigenvalue weighted by molar-refractivity contribution is 7.18. The molecule has 1 N–H and O–H groups in total. The number of Topliss-reactive ketones (excluding diaryl/α,β-unsaturated/α-hetero) is 1. The Hall–Kier alpha value is -2.01. The number of aliphatic hydroxyl groups is 1. The van der Waals surface area contributed by atoms with Crippen LogP contribution in [0.4, 0.5) is 0 Å². The number of carbonyl (C=O) groups excluding carboxylic acids is 1. The van der Waals surface area contributed by atoms with E-state index >= 15 is 0 Å². The van der Waals surface area contributed by atoms with Crippen molar-refractivity contribution in [1.82, 2.24) is 4.98 Å². The van der Waals surface area contributed by atoms with Gasteiger partial charge in [-0.3, -0.25) is 4.79 Å². The lowest BCUT2D eigenvalue weighted by molar-refractivity contribution is -0.116. The van der Waals surface area contributed by atoms with Gasteiger partial charge in [-0.1, -0.05) is 41.9 Å². The summed E-state index contributed by atoms with van der Waals surface area (Å²) in [6, 6.07) is 15.6. The van der Waals surface area contributed by atoms with Gasteiger partial charge in [-0.15, -0.1) is 11.3 Å². The fourth-order valence-corrected chi connectivity index (χ4v) is 3.94. The van der Waals surface area contributed by atoms with E-state index in [1.165, 1.54) is 0 Å². The lowest BCUT2D eigenvalue weighted by atomic mass is 10.1. The number of aromatic nitrogens is 1. The van der Waals surface area contributed by atoms with E-state index in [1.54, 1.807) is 18.3 Å². The van der Waals surface area contributed by atoms with Gasteiger partial charge >= 0.3 is 0 Å². The second-order valence-electron chi connectivity index (χ2n) is 5.86. The highest BCUT2D eigenvalue weighted by Crippen LogP contribution is 2.37. The summed E-state index contributed by atoms with van der Waals surface area (Å²) in [5.41, 5.74) is 3.81. The fraction of sp³-hybridized carbons (Fsp3) is 0.200. The molecule has 0 aliphatic heterocycles. The second-order valence-corrected chi connectivity index (χ2v) is 7.29. The zero-order valence-electron chi connectivity index (χ0n) is 13.8. The van der Waals surface area contributed by atoms with Crippen LogP contribution in [-0.2, 0) is 17.6 Å². The van der Waals surface area contributed by atoms with Crippen LogP contribution in [0.5, 0.6) is 0 Å². The van der Waals surface area contributed by atoms with Crippen LogP contribution in [0.25, 0.3) is 21.0 Å². The first kappa shape index (κ1) is 17.8. The minimum absolute atomic E-state index is 0.0779. The van der Waals surface area contributed by atoms with E-state index in [9.17, 15) is 4.79 Å². The average Bonchev–Trinajstić information content (AvgIpc) is 2.98. The largest absolute Gasteiger partial charge is 0.396 e. The van der Waals surface area contributed by atoms with E-state index in [1.807, 2.05) is 48.5 Å². The maximum atomic E-state index is 11.7. The molecule has 0 saturated carbocycles. The Kier molecular flexibility index (Phi) is 5.63. The van der Waals surface area contributed by atoms with Crippen molar-refractivity contribution in [2.45, 2.75) is 19.8 Å². The van der Waals surface area contributed by atoms with Crippen molar-refractivity contribution in [3.8, 4) is 21.0 Å². The first-order valence-electron chi connectivity index (χ1n) is 8.02. The number of aliphatic hydroxyl groups excluding tert-OH is 1. The van der Waals surface area contributed by atoms with Crippen LogP contribution in [0, 0.1) is 0 Å². The number of hydrogen-bond donors (Lipinski definition) is 1. The van der Waals surface area contributed by atoms with Crippen molar-refractivity contribution in [2.24, 2.45) is 0 Å². The smallest absolute Gasteiger partial charge is 0.135 e. The SMILES string of the molecule is CC(=O)Cc1nc(-c2cccc(CCO)c2)sc1-c1cccc(Cl)c1.